The Morgan fingerprint density at radius 1 is 1.29 bits per heavy atom. The summed E-state index contributed by atoms with van der Waals surface area (Å²) in [5.74, 6) is 0. The van der Waals surface area contributed by atoms with Crippen molar-refractivity contribution in [1.82, 2.24) is 4.57 Å². The number of aromatic nitrogens is 2. The van der Waals surface area contributed by atoms with Crippen LogP contribution in [0, 0.1) is 0 Å². The van der Waals surface area contributed by atoms with Crippen molar-refractivity contribution >= 4 is 0 Å². The largest absolute Gasteiger partial charge is 0.243 e. The molecule has 0 saturated carbocycles. The summed E-state index contributed by atoms with van der Waals surface area (Å²) in [6.45, 7) is 7.92. The van der Waals surface area contributed by atoms with Crippen LogP contribution in [0.25, 0.3) is 0 Å². The molecule has 0 radical (unpaired) electrons. The molecule has 14 heavy (non-hydrogen) atoms. The summed E-state index contributed by atoms with van der Waals surface area (Å²) in [4.78, 5) is 0. The Labute approximate surface area is 87.6 Å². The Hall–Kier alpha value is -0.790. The van der Waals surface area contributed by atoms with Gasteiger partial charge in [0, 0.05) is 0 Å². The number of aryl methyl sites for hydroxylation is 1. The first-order valence-electron chi connectivity index (χ1n) is 5.84. The maximum atomic E-state index is 2.32. The smallest absolute Gasteiger partial charge is 0.237 e. The van der Waals surface area contributed by atoms with E-state index in [1.165, 1.54) is 25.7 Å². The first-order chi connectivity index (χ1) is 6.77. The topological polar surface area (TPSA) is 8.81 Å². The zero-order valence-electron chi connectivity index (χ0n) is 9.74. The van der Waals surface area contributed by atoms with Crippen LogP contribution in [0.2, 0.25) is 0 Å². The fourth-order valence-electron chi connectivity index (χ4n) is 1.71. The fraction of sp³-hybridized carbons (Fsp3) is 0.750. The molecule has 1 rings (SSSR count). The Morgan fingerprint density at radius 3 is 2.71 bits per heavy atom. The Balaban J connectivity index is 2.49. The van der Waals surface area contributed by atoms with E-state index < -0.39 is 0 Å². The van der Waals surface area contributed by atoms with Crippen molar-refractivity contribution in [2.24, 2.45) is 0 Å². The molecule has 2 nitrogen and oxygen atoms in total. The van der Waals surface area contributed by atoms with Crippen LogP contribution in [0.5, 0.6) is 0 Å². The third-order valence-electron chi connectivity index (χ3n) is 2.70. The Bertz CT molecular complexity index is 253. The highest BCUT2D eigenvalue weighted by Crippen LogP contribution is 2.10. The molecule has 1 heterocycles. The second-order valence-electron chi connectivity index (χ2n) is 4.09. The van der Waals surface area contributed by atoms with Gasteiger partial charge in [-0.3, -0.25) is 0 Å². The summed E-state index contributed by atoms with van der Waals surface area (Å²) in [5, 5.41) is 0. The SMILES string of the molecule is CCCC[n+]1ccn(C(C)CCC)c1. The molecule has 2 heteroatoms. The molecule has 0 aliphatic heterocycles. The summed E-state index contributed by atoms with van der Waals surface area (Å²) in [6.07, 6.45) is 11.7. The number of imidazole rings is 1. The normalized spacial score (nSPS) is 13.1. The van der Waals surface area contributed by atoms with Crippen molar-refractivity contribution in [3.63, 3.8) is 0 Å². The highest BCUT2D eigenvalue weighted by molar-refractivity contribution is 4.72. The van der Waals surface area contributed by atoms with E-state index >= 15 is 0 Å². The van der Waals surface area contributed by atoms with Crippen molar-refractivity contribution in [2.75, 3.05) is 0 Å². The third kappa shape index (κ3) is 3.17. The summed E-state index contributed by atoms with van der Waals surface area (Å²) >= 11 is 0. The average molecular weight is 195 g/mol. The molecule has 1 unspecified atom stereocenters. The highest BCUT2D eigenvalue weighted by atomic mass is 15.1. The molecule has 1 aromatic rings. The average Bonchev–Trinajstić information content (AvgIpc) is 2.63. The zero-order chi connectivity index (χ0) is 10.4. The molecule has 1 aromatic heterocycles. The van der Waals surface area contributed by atoms with Gasteiger partial charge in [-0.15, -0.1) is 0 Å². The van der Waals surface area contributed by atoms with Crippen molar-refractivity contribution in [3.8, 4) is 0 Å². The van der Waals surface area contributed by atoms with Crippen LogP contribution in [0.15, 0.2) is 18.7 Å². The van der Waals surface area contributed by atoms with Crippen LogP contribution in [0.4, 0.5) is 0 Å². The Morgan fingerprint density at radius 2 is 2.07 bits per heavy atom. The van der Waals surface area contributed by atoms with E-state index in [2.05, 4.69) is 48.6 Å². The molecule has 0 fully saturated rings. The van der Waals surface area contributed by atoms with E-state index in [1.807, 2.05) is 0 Å². The minimum atomic E-state index is 0.642. The monoisotopic (exact) mass is 195 g/mol. The summed E-state index contributed by atoms with van der Waals surface area (Å²) in [5.41, 5.74) is 0. The van der Waals surface area contributed by atoms with E-state index in [-0.39, 0.29) is 0 Å². The second-order valence-corrected chi connectivity index (χ2v) is 4.09. The van der Waals surface area contributed by atoms with Gasteiger partial charge in [0.05, 0.1) is 12.6 Å². The lowest BCUT2D eigenvalue weighted by atomic mass is 10.2. The van der Waals surface area contributed by atoms with Crippen molar-refractivity contribution < 1.29 is 4.57 Å². The fourth-order valence-corrected chi connectivity index (χ4v) is 1.71. The first kappa shape index (κ1) is 11.3. The lowest BCUT2D eigenvalue weighted by Gasteiger charge is -2.04. The quantitative estimate of drug-likeness (QED) is 0.617. The molecule has 80 valence electrons. The number of unbranched alkanes of at least 4 members (excludes halogenated alkanes) is 1. The standard InChI is InChI=1S/C12H23N2/c1-4-6-8-13-9-10-14(11-13)12(3)7-5-2/h9-12H,4-8H2,1-3H3/q+1. The van der Waals surface area contributed by atoms with Crippen molar-refractivity contribution in [2.45, 2.75) is 59.0 Å². The van der Waals surface area contributed by atoms with Crippen LogP contribution in [-0.4, -0.2) is 4.57 Å². The predicted molar refractivity (Wildman–Crippen MR) is 59.2 cm³/mol. The van der Waals surface area contributed by atoms with Gasteiger partial charge in [-0.2, -0.15) is 0 Å². The molecule has 1 atom stereocenters. The van der Waals surface area contributed by atoms with E-state index in [0.29, 0.717) is 6.04 Å². The molecule has 0 bridgehead atoms. The van der Waals surface area contributed by atoms with Crippen molar-refractivity contribution in [1.29, 1.82) is 0 Å². The molecule has 0 aliphatic rings. The molecule has 0 aromatic carbocycles. The molecular formula is C12H23N2+. The van der Waals surface area contributed by atoms with Gasteiger partial charge in [-0.1, -0.05) is 26.7 Å². The molecular weight excluding hydrogens is 172 g/mol. The van der Waals surface area contributed by atoms with E-state index in [0.717, 1.165) is 6.54 Å². The lowest BCUT2D eigenvalue weighted by molar-refractivity contribution is -0.697. The number of hydrogen-bond donors (Lipinski definition) is 0. The van der Waals surface area contributed by atoms with E-state index in [4.69, 9.17) is 0 Å². The molecule has 0 saturated heterocycles. The van der Waals surface area contributed by atoms with Gasteiger partial charge in [0.2, 0.25) is 6.33 Å². The first-order valence-corrected chi connectivity index (χ1v) is 5.84. The maximum absolute atomic E-state index is 2.32. The molecule has 0 amide bonds. The summed E-state index contributed by atoms with van der Waals surface area (Å²) < 4.78 is 4.61. The number of hydrogen-bond acceptors (Lipinski definition) is 0. The van der Waals surface area contributed by atoms with Gasteiger partial charge in [-0.25, -0.2) is 9.13 Å². The van der Waals surface area contributed by atoms with Gasteiger partial charge in [0.15, 0.2) is 0 Å². The van der Waals surface area contributed by atoms with Gasteiger partial charge < -0.3 is 0 Å². The molecule has 0 spiro atoms. The number of rotatable bonds is 6. The van der Waals surface area contributed by atoms with Crippen LogP contribution < -0.4 is 4.57 Å². The third-order valence-corrected chi connectivity index (χ3v) is 2.70. The summed E-state index contributed by atoms with van der Waals surface area (Å²) in [6, 6.07) is 0.642. The van der Waals surface area contributed by atoms with Crippen LogP contribution in [-0.2, 0) is 6.54 Å². The van der Waals surface area contributed by atoms with E-state index in [1.54, 1.807) is 0 Å². The number of nitrogens with zero attached hydrogens (tertiary/aromatic N) is 2. The van der Waals surface area contributed by atoms with Gasteiger partial charge in [0.1, 0.15) is 12.4 Å². The lowest BCUT2D eigenvalue weighted by Crippen LogP contribution is -2.30. The molecule has 0 N–H and O–H groups in total. The van der Waals surface area contributed by atoms with Gasteiger partial charge in [-0.05, 0) is 19.8 Å². The zero-order valence-corrected chi connectivity index (χ0v) is 9.74. The molecule has 0 aliphatic carbocycles. The van der Waals surface area contributed by atoms with Crippen molar-refractivity contribution in [3.05, 3.63) is 18.7 Å². The van der Waals surface area contributed by atoms with Crippen LogP contribution in [0.3, 0.4) is 0 Å². The van der Waals surface area contributed by atoms with E-state index in [9.17, 15) is 0 Å². The maximum Gasteiger partial charge on any atom is 0.243 e. The van der Waals surface area contributed by atoms with Gasteiger partial charge >= 0.3 is 0 Å². The Kier molecular flexibility index (Phi) is 4.71. The minimum absolute atomic E-state index is 0.642. The van der Waals surface area contributed by atoms with Crippen LogP contribution >= 0.6 is 0 Å². The van der Waals surface area contributed by atoms with Gasteiger partial charge in [0.25, 0.3) is 0 Å². The van der Waals surface area contributed by atoms with Crippen LogP contribution in [0.1, 0.15) is 52.5 Å². The highest BCUT2D eigenvalue weighted by Gasteiger charge is 2.09. The predicted octanol–water partition coefficient (Wildman–Crippen LogP) is 2.94. The second kappa shape index (κ2) is 5.84. The minimum Gasteiger partial charge on any atom is -0.237 e. The summed E-state index contributed by atoms with van der Waals surface area (Å²) in [7, 11) is 0.